The first-order chi connectivity index (χ1) is 10.1. The summed E-state index contributed by atoms with van der Waals surface area (Å²) in [5.41, 5.74) is 1.11. The average Bonchev–Trinajstić information content (AvgIpc) is 3.29. The molecule has 0 bridgehead atoms. The normalized spacial score (nSPS) is 15.5. The molecule has 1 aliphatic carbocycles. The predicted molar refractivity (Wildman–Crippen MR) is 84.1 cm³/mol. The zero-order valence-electron chi connectivity index (χ0n) is 12.2. The van der Waals surface area contributed by atoms with Gasteiger partial charge in [0.25, 0.3) is 0 Å². The van der Waals surface area contributed by atoms with E-state index in [0.29, 0.717) is 12.5 Å². The van der Waals surface area contributed by atoms with E-state index in [1.54, 1.807) is 0 Å². The van der Waals surface area contributed by atoms with Gasteiger partial charge in [-0.2, -0.15) is 0 Å². The van der Waals surface area contributed by atoms with Crippen molar-refractivity contribution in [3.63, 3.8) is 0 Å². The SMILES string of the molecule is CC(C1CC1)N(Cc1ccccc1)C(=O)CSCC(=O)O. The minimum Gasteiger partial charge on any atom is -0.481 e. The smallest absolute Gasteiger partial charge is 0.313 e. The van der Waals surface area contributed by atoms with Crippen LogP contribution < -0.4 is 0 Å². The summed E-state index contributed by atoms with van der Waals surface area (Å²) in [4.78, 5) is 24.9. The van der Waals surface area contributed by atoms with Gasteiger partial charge in [0.2, 0.25) is 5.91 Å². The second-order valence-electron chi connectivity index (χ2n) is 5.47. The summed E-state index contributed by atoms with van der Waals surface area (Å²) >= 11 is 1.17. The van der Waals surface area contributed by atoms with Gasteiger partial charge in [-0.05, 0) is 31.2 Å². The van der Waals surface area contributed by atoms with Crippen LogP contribution in [-0.2, 0) is 16.1 Å². The molecule has 0 heterocycles. The van der Waals surface area contributed by atoms with Crippen molar-refractivity contribution in [1.29, 1.82) is 0 Å². The highest BCUT2D eigenvalue weighted by atomic mass is 32.2. The Morgan fingerprint density at radius 2 is 1.95 bits per heavy atom. The highest BCUT2D eigenvalue weighted by Gasteiger charge is 2.34. The molecule has 2 rings (SSSR count). The number of carboxylic acid groups (broad SMARTS) is 1. The van der Waals surface area contributed by atoms with Crippen molar-refractivity contribution in [2.24, 2.45) is 5.92 Å². The van der Waals surface area contributed by atoms with Gasteiger partial charge in [-0.15, -0.1) is 11.8 Å². The second-order valence-corrected chi connectivity index (χ2v) is 6.46. The molecule has 1 N–H and O–H groups in total. The van der Waals surface area contributed by atoms with Crippen molar-refractivity contribution in [1.82, 2.24) is 4.90 Å². The molecule has 4 nitrogen and oxygen atoms in total. The number of thioether (sulfide) groups is 1. The second kappa shape index (κ2) is 7.50. The highest BCUT2D eigenvalue weighted by Crippen LogP contribution is 2.35. The fourth-order valence-corrected chi connectivity index (χ4v) is 3.00. The number of rotatable bonds is 8. The summed E-state index contributed by atoms with van der Waals surface area (Å²) in [6, 6.07) is 10.2. The lowest BCUT2D eigenvalue weighted by atomic mass is 10.1. The lowest BCUT2D eigenvalue weighted by molar-refractivity contribution is -0.133. The maximum Gasteiger partial charge on any atom is 0.313 e. The first-order valence-corrected chi connectivity index (χ1v) is 8.36. The molecule has 1 aromatic carbocycles. The van der Waals surface area contributed by atoms with Crippen LogP contribution in [0.3, 0.4) is 0 Å². The Balaban J connectivity index is 1.97. The number of nitrogens with zero attached hydrogens (tertiary/aromatic N) is 1. The number of carboxylic acids is 1. The topological polar surface area (TPSA) is 57.6 Å². The zero-order chi connectivity index (χ0) is 15.2. The van der Waals surface area contributed by atoms with Crippen LogP contribution in [0.25, 0.3) is 0 Å². The Bertz CT molecular complexity index is 488. The Kier molecular flexibility index (Phi) is 5.67. The van der Waals surface area contributed by atoms with E-state index in [2.05, 4.69) is 6.92 Å². The van der Waals surface area contributed by atoms with Crippen LogP contribution in [0, 0.1) is 5.92 Å². The molecule has 0 saturated heterocycles. The van der Waals surface area contributed by atoms with Crippen LogP contribution in [0.4, 0.5) is 0 Å². The molecule has 1 aliphatic rings. The third-order valence-corrected chi connectivity index (χ3v) is 4.67. The molecule has 1 unspecified atom stereocenters. The van der Waals surface area contributed by atoms with Gasteiger partial charge in [0.15, 0.2) is 0 Å². The number of hydrogen-bond acceptors (Lipinski definition) is 3. The molecule has 0 spiro atoms. The summed E-state index contributed by atoms with van der Waals surface area (Å²) in [7, 11) is 0. The molecular weight excluding hydrogens is 286 g/mol. The van der Waals surface area contributed by atoms with E-state index in [4.69, 9.17) is 5.11 Å². The number of hydrogen-bond donors (Lipinski definition) is 1. The summed E-state index contributed by atoms with van der Waals surface area (Å²) in [5, 5.41) is 8.66. The van der Waals surface area contributed by atoms with Crippen LogP contribution in [-0.4, -0.2) is 39.4 Å². The molecule has 5 heteroatoms. The third kappa shape index (κ3) is 5.08. The van der Waals surface area contributed by atoms with Gasteiger partial charge in [-0.25, -0.2) is 0 Å². The first-order valence-electron chi connectivity index (χ1n) is 7.21. The van der Waals surface area contributed by atoms with E-state index < -0.39 is 5.97 Å². The zero-order valence-corrected chi connectivity index (χ0v) is 13.0. The molecular formula is C16H21NO3S. The number of carbonyl (C=O) groups excluding carboxylic acids is 1. The van der Waals surface area contributed by atoms with Crippen LogP contribution >= 0.6 is 11.8 Å². The fourth-order valence-electron chi connectivity index (χ4n) is 2.38. The van der Waals surface area contributed by atoms with Crippen molar-refractivity contribution in [3.8, 4) is 0 Å². The highest BCUT2D eigenvalue weighted by molar-refractivity contribution is 8.00. The molecule has 1 aromatic rings. The number of aliphatic carboxylic acids is 1. The van der Waals surface area contributed by atoms with Crippen molar-refractivity contribution >= 4 is 23.6 Å². The van der Waals surface area contributed by atoms with Gasteiger partial charge in [0, 0.05) is 12.6 Å². The van der Waals surface area contributed by atoms with Crippen LogP contribution in [0.1, 0.15) is 25.3 Å². The summed E-state index contributed by atoms with van der Waals surface area (Å²) in [6.45, 7) is 2.70. The fraction of sp³-hybridized carbons (Fsp3) is 0.500. The van der Waals surface area contributed by atoms with E-state index in [-0.39, 0.29) is 23.5 Å². The van der Waals surface area contributed by atoms with E-state index in [1.165, 1.54) is 24.6 Å². The predicted octanol–water partition coefficient (Wildman–Crippen LogP) is 2.63. The van der Waals surface area contributed by atoms with E-state index in [9.17, 15) is 9.59 Å². The minimum atomic E-state index is -0.877. The van der Waals surface area contributed by atoms with Gasteiger partial charge in [0.05, 0.1) is 11.5 Å². The third-order valence-electron chi connectivity index (χ3n) is 3.76. The van der Waals surface area contributed by atoms with E-state index in [1.807, 2.05) is 35.2 Å². The van der Waals surface area contributed by atoms with Crippen LogP contribution in [0.5, 0.6) is 0 Å². The monoisotopic (exact) mass is 307 g/mol. The molecule has 21 heavy (non-hydrogen) atoms. The molecule has 1 atom stereocenters. The summed E-state index contributed by atoms with van der Waals surface area (Å²) in [5.74, 6) is -0.0388. The maximum absolute atomic E-state index is 12.4. The quantitative estimate of drug-likeness (QED) is 0.802. The minimum absolute atomic E-state index is 0.0251. The molecule has 1 fully saturated rings. The van der Waals surface area contributed by atoms with Gasteiger partial charge in [0.1, 0.15) is 0 Å². The lowest BCUT2D eigenvalue weighted by Crippen LogP contribution is -2.40. The van der Waals surface area contributed by atoms with Crippen LogP contribution in [0.15, 0.2) is 30.3 Å². The molecule has 1 saturated carbocycles. The average molecular weight is 307 g/mol. The van der Waals surface area contributed by atoms with Crippen LogP contribution in [0.2, 0.25) is 0 Å². The van der Waals surface area contributed by atoms with E-state index >= 15 is 0 Å². The molecule has 0 aromatic heterocycles. The Hall–Kier alpha value is -1.49. The molecule has 1 amide bonds. The van der Waals surface area contributed by atoms with Gasteiger partial charge < -0.3 is 10.0 Å². The van der Waals surface area contributed by atoms with Crippen molar-refractivity contribution in [2.45, 2.75) is 32.4 Å². The Morgan fingerprint density at radius 1 is 1.29 bits per heavy atom. The largest absolute Gasteiger partial charge is 0.481 e. The first kappa shape index (κ1) is 15.9. The molecule has 114 valence electrons. The molecule has 0 radical (unpaired) electrons. The summed E-state index contributed by atoms with van der Waals surface area (Å²) in [6.07, 6.45) is 2.37. The lowest BCUT2D eigenvalue weighted by Gasteiger charge is -2.29. The maximum atomic E-state index is 12.4. The Morgan fingerprint density at radius 3 is 2.52 bits per heavy atom. The van der Waals surface area contributed by atoms with Gasteiger partial charge in [-0.1, -0.05) is 30.3 Å². The number of benzene rings is 1. The van der Waals surface area contributed by atoms with Gasteiger partial charge in [-0.3, -0.25) is 9.59 Å². The molecule has 0 aliphatic heterocycles. The Labute approximate surface area is 129 Å². The van der Waals surface area contributed by atoms with E-state index in [0.717, 1.165) is 5.56 Å². The standard InChI is InChI=1S/C16H21NO3S/c1-12(14-7-8-14)17(9-13-5-3-2-4-6-13)15(18)10-21-11-16(19)20/h2-6,12,14H,7-11H2,1H3,(H,19,20). The van der Waals surface area contributed by atoms with Crippen molar-refractivity contribution in [2.75, 3.05) is 11.5 Å². The van der Waals surface area contributed by atoms with Crippen molar-refractivity contribution < 1.29 is 14.7 Å². The summed E-state index contributed by atoms with van der Waals surface area (Å²) < 4.78 is 0. The number of amides is 1. The van der Waals surface area contributed by atoms with Crippen molar-refractivity contribution in [3.05, 3.63) is 35.9 Å². The number of carbonyl (C=O) groups is 2. The van der Waals surface area contributed by atoms with Gasteiger partial charge >= 0.3 is 5.97 Å².